The minimum atomic E-state index is -0.764. The molecule has 0 rings (SSSR count). The first-order valence-corrected chi connectivity index (χ1v) is 38.0. The van der Waals surface area contributed by atoms with E-state index in [1.807, 2.05) is 0 Å². The second-order valence-corrected chi connectivity index (χ2v) is 26.3. The lowest BCUT2D eigenvalue weighted by atomic mass is 10.0. The van der Waals surface area contributed by atoms with Gasteiger partial charge in [-0.15, -0.1) is 0 Å². The maximum absolute atomic E-state index is 13.0. The van der Waals surface area contributed by atoms with Gasteiger partial charge in [0, 0.05) is 19.3 Å². The van der Waals surface area contributed by atoms with Gasteiger partial charge in [0.15, 0.2) is 6.10 Å². The molecule has 0 aromatic carbocycles. The average molecular weight is 1160 g/mol. The summed E-state index contributed by atoms with van der Waals surface area (Å²) in [6.45, 7) is 6.76. The third kappa shape index (κ3) is 69.2. The Morgan fingerprint density at radius 1 is 0.195 bits per heavy atom. The fourth-order valence-electron chi connectivity index (χ4n) is 12.2. The zero-order valence-electron chi connectivity index (χ0n) is 56.3. The van der Waals surface area contributed by atoms with Crippen molar-refractivity contribution in [3.8, 4) is 0 Å². The molecule has 0 aliphatic rings. The van der Waals surface area contributed by atoms with Crippen LogP contribution in [0.15, 0.2) is 0 Å². The van der Waals surface area contributed by atoms with Crippen molar-refractivity contribution in [3.05, 3.63) is 0 Å². The molecular weight excluding hydrogens is 1010 g/mol. The second kappa shape index (κ2) is 71.9. The average Bonchev–Trinajstić information content (AvgIpc) is 3.47. The molecule has 488 valence electrons. The molecule has 0 fully saturated rings. The third-order valence-electron chi connectivity index (χ3n) is 17.9. The van der Waals surface area contributed by atoms with Crippen molar-refractivity contribution in [1.29, 1.82) is 0 Å². The zero-order chi connectivity index (χ0) is 59.2. The molecule has 1 unspecified atom stereocenters. The molecule has 0 aliphatic carbocycles. The van der Waals surface area contributed by atoms with Gasteiger partial charge in [0.1, 0.15) is 13.2 Å². The first kappa shape index (κ1) is 80.4. The van der Waals surface area contributed by atoms with Crippen LogP contribution < -0.4 is 0 Å². The van der Waals surface area contributed by atoms with E-state index in [1.165, 1.54) is 353 Å². The van der Waals surface area contributed by atoms with E-state index in [9.17, 15) is 14.4 Å². The number of hydrogen-bond donors (Lipinski definition) is 0. The summed E-state index contributed by atoms with van der Waals surface area (Å²) in [5, 5.41) is 0. The SMILES string of the molecule is CCCCCCCCCCCCCCCCCCCCCCCCCCCC(=O)OCC(COC(=O)CCCCCCCCCCCCCCCCC)OC(=O)CCCCCCCCCCCCCCCCCCCCCCCCCC. The number of carbonyl (C=O) groups excluding carboxylic acids is 3. The quantitative estimate of drug-likeness (QED) is 0.0343. The topological polar surface area (TPSA) is 78.9 Å². The van der Waals surface area contributed by atoms with Crippen molar-refractivity contribution in [2.75, 3.05) is 13.2 Å². The highest BCUT2D eigenvalue weighted by atomic mass is 16.6. The van der Waals surface area contributed by atoms with E-state index in [0.717, 1.165) is 57.8 Å². The van der Waals surface area contributed by atoms with E-state index in [0.29, 0.717) is 19.3 Å². The Labute approximate surface area is 514 Å². The van der Waals surface area contributed by atoms with Crippen molar-refractivity contribution >= 4 is 17.9 Å². The van der Waals surface area contributed by atoms with Crippen LogP contribution >= 0.6 is 0 Å². The zero-order valence-corrected chi connectivity index (χ0v) is 56.3. The number of hydrogen-bond acceptors (Lipinski definition) is 6. The summed E-state index contributed by atoms with van der Waals surface area (Å²) in [4.78, 5) is 38.5. The summed E-state index contributed by atoms with van der Waals surface area (Å²) in [6, 6.07) is 0. The summed E-state index contributed by atoms with van der Waals surface area (Å²) < 4.78 is 17.1. The molecule has 0 saturated carbocycles. The molecule has 0 heterocycles. The highest BCUT2D eigenvalue weighted by Gasteiger charge is 2.20. The number of rotatable bonds is 72. The van der Waals surface area contributed by atoms with Crippen molar-refractivity contribution in [2.24, 2.45) is 0 Å². The minimum absolute atomic E-state index is 0.0598. The highest BCUT2D eigenvalue weighted by Crippen LogP contribution is 2.20. The molecule has 6 nitrogen and oxygen atoms in total. The van der Waals surface area contributed by atoms with Gasteiger partial charge in [-0.05, 0) is 19.3 Å². The van der Waals surface area contributed by atoms with Crippen LogP contribution in [0, 0.1) is 0 Å². The van der Waals surface area contributed by atoms with Gasteiger partial charge >= 0.3 is 17.9 Å². The number of esters is 3. The van der Waals surface area contributed by atoms with Crippen LogP contribution in [0.4, 0.5) is 0 Å². The molecule has 0 N–H and O–H groups in total. The predicted octanol–water partition coefficient (Wildman–Crippen LogP) is 26.2. The Balaban J connectivity index is 4.20. The number of carbonyl (C=O) groups is 3. The van der Waals surface area contributed by atoms with Gasteiger partial charge in [0.2, 0.25) is 0 Å². The largest absolute Gasteiger partial charge is 0.462 e. The van der Waals surface area contributed by atoms with Gasteiger partial charge in [-0.1, -0.05) is 412 Å². The standard InChI is InChI=1S/C76H148O6/c1-4-7-10-13-16-19-22-25-28-30-32-34-36-38-40-41-43-45-48-51-54-57-60-63-66-69-75(78)81-72-73(71-80-74(77)68-65-62-59-56-53-50-47-27-24-21-18-15-12-9-6-3)82-76(79)70-67-64-61-58-55-52-49-46-44-42-39-37-35-33-31-29-26-23-20-17-14-11-8-5-2/h73H,4-72H2,1-3H3. The van der Waals surface area contributed by atoms with Gasteiger partial charge in [-0.3, -0.25) is 14.4 Å². The molecule has 6 heteroatoms. The Kier molecular flexibility index (Phi) is 70.5. The van der Waals surface area contributed by atoms with Gasteiger partial charge in [0.25, 0.3) is 0 Å². The smallest absolute Gasteiger partial charge is 0.306 e. The van der Waals surface area contributed by atoms with Crippen molar-refractivity contribution in [1.82, 2.24) is 0 Å². The van der Waals surface area contributed by atoms with Crippen LogP contribution in [-0.2, 0) is 28.6 Å². The van der Waals surface area contributed by atoms with Crippen LogP contribution in [-0.4, -0.2) is 37.2 Å². The summed E-state index contributed by atoms with van der Waals surface area (Å²) >= 11 is 0. The molecule has 82 heavy (non-hydrogen) atoms. The molecule has 0 aliphatic heterocycles. The number of unbranched alkanes of at least 4 members (excludes halogenated alkanes) is 61. The van der Waals surface area contributed by atoms with E-state index in [1.54, 1.807) is 0 Å². The minimum Gasteiger partial charge on any atom is -0.462 e. The molecule has 1 atom stereocenters. The van der Waals surface area contributed by atoms with Crippen LogP contribution in [0.25, 0.3) is 0 Å². The van der Waals surface area contributed by atoms with Crippen molar-refractivity contribution in [3.63, 3.8) is 0 Å². The monoisotopic (exact) mass is 1160 g/mol. The number of ether oxygens (including phenoxy) is 3. The van der Waals surface area contributed by atoms with Gasteiger partial charge in [-0.2, -0.15) is 0 Å². The summed E-state index contributed by atoms with van der Waals surface area (Å²) in [5.74, 6) is -0.815. The first-order valence-electron chi connectivity index (χ1n) is 38.0. The van der Waals surface area contributed by atoms with Crippen molar-refractivity contribution < 1.29 is 28.6 Å². The molecule has 0 amide bonds. The van der Waals surface area contributed by atoms with Crippen LogP contribution in [0.1, 0.15) is 451 Å². The van der Waals surface area contributed by atoms with E-state index in [-0.39, 0.29) is 31.1 Å². The highest BCUT2D eigenvalue weighted by molar-refractivity contribution is 5.71. The molecule has 0 aromatic rings. The lowest BCUT2D eigenvalue weighted by Crippen LogP contribution is -2.30. The van der Waals surface area contributed by atoms with Gasteiger partial charge < -0.3 is 14.2 Å². The summed E-state index contributed by atoms with van der Waals surface area (Å²) in [7, 11) is 0. The Bertz CT molecular complexity index is 1240. The Morgan fingerprint density at radius 3 is 0.488 bits per heavy atom. The third-order valence-corrected chi connectivity index (χ3v) is 17.9. The summed E-state index contributed by atoms with van der Waals surface area (Å²) in [6.07, 6.45) is 85.8. The molecule has 0 bridgehead atoms. The molecule has 0 radical (unpaired) electrons. The van der Waals surface area contributed by atoms with E-state index in [4.69, 9.17) is 14.2 Å². The maximum Gasteiger partial charge on any atom is 0.306 e. The second-order valence-electron chi connectivity index (χ2n) is 26.3. The van der Waals surface area contributed by atoms with Crippen LogP contribution in [0.2, 0.25) is 0 Å². The normalized spacial score (nSPS) is 11.9. The van der Waals surface area contributed by atoms with Crippen LogP contribution in [0.5, 0.6) is 0 Å². The predicted molar refractivity (Wildman–Crippen MR) is 358 cm³/mol. The van der Waals surface area contributed by atoms with E-state index < -0.39 is 6.10 Å². The van der Waals surface area contributed by atoms with Crippen LogP contribution in [0.3, 0.4) is 0 Å². The molecule has 0 saturated heterocycles. The van der Waals surface area contributed by atoms with Crippen molar-refractivity contribution in [2.45, 2.75) is 457 Å². The molecular formula is C76H148O6. The Hall–Kier alpha value is -1.59. The molecule has 0 spiro atoms. The van der Waals surface area contributed by atoms with Gasteiger partial charge in [-0.25, -0.2) is 0 Å². The Morgan fingerprint density at radius 2 is 0.329 bits per heavy atom. The van der Waals surface area contributed by atoms with E-state index in [2.05, 4.69) is 20.8 Å². The summed E-state index contributed by atoms with van der Waals surface area (Å²) in [5.41, 5.74) is 0. The fraction of sp³-hybridized carbons (Fsp3) is 0.961. The lowest BCUT2D eigenvalue weighted by Gasteiger charge is -2.18. The fourth-order valence-corrected chi connectivity index (χ4v) is 12.2. The van der Waals surface area contributed by atoms with Gasteiger partial charge in [0.05, 0.1) is 0 Å². The molecule has 0 aromatic heterocycles. The first-order chi connectivity index (χ1) is 40.5. The van der Waals surface area contributed by atoms with E-state index >= 15 is 0 Å². The maximum atomic E-state index is 13.0. The lowest BCUT2D eigenvalue weighted by molar-refractivity contribution is -0.167.